The quantitative estimate of drug-likeness (QED) is 0.899. The largest absolute Gasteiger partial charge is 0.327 e. The van der Waals surface area contributed by atoms with Crippen LogP contribution in [0.15, 0.2) is 24.3 Å². The lowest BCUT2D eigenvalue weighted by molar-refractivity contribution is -0.117. The van der Waals surface area contributed by atoms with Crippen molar-refractivity contribution < 1.29 is 4.79 Å². The molecule has 2 unspecified atom stereocenters. The summed E-state index contributed by atoms with van der Waals surface area (Å²) in [6.45, 7) is 4.32. The van der Waals surface area contributed by atoms with Crippen molar-refractivity contribution >= 4 is 35.6 Å². The fourth-order valence-corrected chi connectivity index (χ4v) is 2.46. The molecule has 0 saturated carbocycles. The summed E-state index contributed by atoms with van der Waals surface area (Å²) in [4.78, 5) is 14.1. The number of rotatable bonds is 3. The Balaban J connectivity index is 0.00000200. The minimum absolute atomic E-state index is 0. The van der Waals surface area contributed by atoms with Crippen LogP contribution in [-0.2, 0) is 4.79 Å². The van der Waals surface area contributed by atoms with Gasteiger partial charge in [-0.25, -0.2) is 0 Å². The Morgan fingerprint density at radius 1 is 1.45 bits per heavy atom. The van der Waals surface area contributed by atoms with Gasteiger partial charge in [-0.2, -0.15) is 0 Å². The number of nitrogens with zero attached hydrogens (tertiary/aromatic N) is 1. The molecule has 0 aliphatic carbocycles. The van der Waals surface area contributed by atoms with E-state index in [0.717, 1.165) is 25.2 Å². The Labute approximate surface area is 131 Å². The van der Waals surface area contributed by atoms with Crippen LogP contribution in [0.4, 0.5) is 5.69 Å². The monoisotopic (exact) mass is 317 g/mol. The van der Waals surface area contributed by atoms with E-state index in [1.165, 1.54) is 0 Å². The molecule has 0 radical (unpaired) electrons. The van der Waals surface area contributed by atoms with Crippen molar-refractivity contribution in [3.63, 3.8) is 0 Å². The lowest BCUT2D eigenvalue weighted by atomic mass is 9.95. The Hall–Kier alpha value is -0.810. The number of carbonyl (C=O) groups is 1. The molecule has 1 aromatic rings. The van der Waals surface area contributed by atoms with Crippen LogP contribution in [0, 0.1) is 5.92 Å². The van der Waals surface area contributed by atoms with Gasteiger partial charge in [-0.05, 0) is 36.6 Å². The third-order valence-corrected chi connectivity index (χ3v) is 3.80. The first-order valence-corrected chi connectivity index (χ1v) is 6.96. The summed E-state index contributed by atoms with van der Waals surface area (Å²) in [5.74, 6) is 0.446. The van der Waals surface area contributed by atoms with Crippen molar-refractivity contribution in [1.29, 1.82) is 0 Å². The van der Waals surface area contributed by atoms with E-state index in [4.69, 9.17) is 17.3 Å². The third-order valence-electron chi connectivity index (χ3n) is 3.55. The molecule has 1 saturated heterocycles. The highest BCUT2D eigenvalue weighted by molar-refractivity contribution is 6.30. The zero-order valence-corrected chi connectivity index (χ0v) is 13.1. The van der Waals surface area contributed by atoms with Crippen LogP contribution in [0.5, 0.6) is 0 Å². The fourth-order valence-electron chi connectivity index (χ4n) is 2.33. The van der Waals surface area contributed by atoms with Crippen molar-refractivity contribution in [1.82, 2.24) is 4.90 Å². The molecule has 2 rings (SSSR count). The van der Waals surface area contributed by atoms with Crippen molar-refractivity contribution in [3.8, 4) is 0 Å². The highest BCUT2D eigenvalue weighted by atomic mass is 35.5. The molecule has 3 N–H and O–H groups in total. The van der Waals surface area contributed by atoms with E-state index in [-0.39, 0.29) is 24.4 Å². The Morgan fingerprint density at radius 3 is 2.70 bits per heavy atom. The molecule has 1 fully saturated rings. The van der Waals surface area contributed by atoms with Gasteiger partial charge in [0.1, 0.15) is 0 Å². The number of amides is 1. The van der Waals surface area contributed by atoms with E-state index < -0.39 is 0 Å². The molecule has 1 heterocycles. The first-order valence-electron chi connectivity index (χ1n) is 6.58. The molecule has 112 valence electrons. The first-order chi connectivity index (χ1) is 9.04. The maximum absolute atomic E-state index is 11.9. The average molecular weight is 318 g/mol. The van der Waals surface area contributed by atoms with E-state index in [1.54, 1.807) is 24.3 Å². The molecule has 1 aliphatic rings. The van der Waals surface area contributed by atoms with Crippen LogP contribution in [0.3, 0.4) is 0 Å². The number of hydrogen-bond donors (Lipinski definition) is 2. The standard InChI is InChI=1S/C14H20ClN3O.ClH/c1-10-8-18(7-6-13(10)16)9-14(19)17-12-4-2-11(15)3-5-12;/h2-5,10,13H,6-9,16H2,1H3,(H,17,19);1H. The number of anilines is 1. The molecule has 0 spiro atoms. The van der Waals surface area contributed by atoms with Crippen LogP contribution in [0.2, 0.25) is 5.02 Å². The smallest absolute Gasteiger partial charge is 0.238 e. The molecule has 1 amide bonds. The van der Waals surface area contributed by atoms with Gasteiger partial charge in [-0.3, -0.25) is 9.69 Å². The fraction of sp³-hybridized carbons (Fsp3) is 0.500. The van der Waals surface area contributed by atoms with Gasteiger partial charge >= 0.3 is 0 Å². The molecule has 4 nitrogen and oxygen atoms in total. The summed E-state index contributed by atoms with van der Waals surface area (Å²) >= 11 is 5.80. The second kappa shape index (κ2) is 7.84. The number of benzene rings is 1. The molecule has 6 heteroatoms. The molecular formula is C14H21Cl2N3O. The van der Waals surface area contributed by atoms with E-state index in [0.29, 0.717) is 17.5 Å². The summed E-state index contributed by atoms with van der Waals surface area (Å²) in [7, 11) is 0. The van der Waals surface area contributed by atoms with Gasteiger partial charge in [-0.1, -0.05) is 18.5 Å². The van der Waals surface area contributed by atoms with Crippen LogP contribution in [0.25, 0.3) is 0 Å². The summed E-state index contributed by atoms with van der Waals surface area (Å²) < 4.78 is 0. The van der Waals surface area contributed by atoms with Crippen LogP contribution in [0.1, 0.15) is 13.3 Å². The van der Waals surface area contributed by atoms with Crippen LogP contribution < -0.4 is 11.1 Å². The topological polar surface area (TPSA) is 58.4 Å². The van der Waals surface area contributed by atoms with E-state index in [2.05, 4.69) is 17.1 Å². The Bertz CT molecular complexity index is 439. The number of nitrogens with two attached hydrogens (primary N) is 1. The first kappa shape index (κ1) is 17.2. The molecule has 1 aromatic carbocycles. The Kier molecular flexibility index (Phi) is 6.76. The predicted octanol–water partition coefficient (Wildman–Crippen LogP) is 2.37. The molecule has 0 aromatic heterocycles. The second-order valence-electron chi connectivity index (χ2n) is 5.22. The minimum atomic E-state index is 0. The average Bonchev–Trinajstić information content (AvgIpc) is 2.37. The Morgan fingerprint density at radius 2 is 2.10 bits per heavy atom. The van der Waals surface area contributed by atoms with Gasteiger partial charge in [-0.15, -0.1) is 12.4 Å². The highest BCUT2D eigenvalue weighted by Crippen LogP contribution is 2.16. The number of hydrogen-bond acceptors (Lipinski definition) is 3. The van der Waals surface area contributed by atoms with Gasteiger partial charge in [0.15, 0.2) is 0 Å². The van der Waals surface area contributed by atoms with E-state index >= 15 is 0 Å². The normalized spacial score (nSPS) is 22.9. The van der Waals surface area contributed by atoms with Gasteiger partial charge in [0.25, 0.3) is 0 Å². The van der Waals surface area contributed by atoms with Crippen molar-refractivity contribution in [2.75, 3.05) is 25.0 Å². The number of carbonyl (C=O) groups excluding carboxylic acids is 1. The third kappa shape index (κ3) is 4.94. The maximum Gasteiger partial charge on any atom is 0.238 e. The van der Waals surface area contributed by atoms with Crippen molar-refractivity contribution in [3.05, 3.63) is 29.3 Å². The summed E-state index contributed by atoms with van der Waals surface area (Å²) in [5.41, 5.74) is 6.74. The minimum Gasteiger partial charge on any atom is -0.327 e. The van der Waals surface area contributed by atoms with Gasteiger partial charge in [0, 0.05) is 29.8 Å². The zero-order chi connectivity index (χ0) is 13.8. The highest BCUT2D eigenvalue weighted by Gasteiger charge is 2.24. The summed E-state index contributed by atoms with van der Waals surface area (Å²) in [6.07, 6.45) is 0.954. The van der Waals surface area contributed by atoms with Gasteiger partial charge in [0.2, 0.25) is 5.91 Å². The van der Waals surface area contributed by atoms with Crippen LogP contribution >= 0.6 is 24.0 Å². The van der Waals surface area contributed by atoms with Crippen molar-refractivity contribution in [2.45, 2.75) is 19.4 Å². The molecular weight excluding hydrogens is 297 g/mol. The molecule has 20 heavy (non-hydrogen) atoms. The van der Waals surface area contributed by atoms with Gasteiger partial charge < -0.3 is 11.1 Å². The lowest BCUT2D eigenvalue weighted by Crippen LogP contribution is -2.48. The number of halogens is 2. The predicted molar refractivity (Wildman–Crippen MR) is 85.5 cm³/mol. The van der Waals surface area contributed by atoms with E-state index in [9.17, 15) is 4.79 Å². The summed E-state index contributed by atoms with van der Waals surface area (Å²) in [6, 6.07) is 7.39. The number of likely N-dealkylation sites (tertiary alicyclic amines) is 1. The second-order valence-corrected chi connectivity index (χ2v) is 5.66. The molecule has 1 aliphatic heterocycles. The number of nitrogens with one attached hydrogen (secondary N) is 1. The summed E-state index contributed by atoms with van der Waals surface area (Å²) in [5, 5.41) is 3.54. The maximum atomic E-state index is 11.9. The zero-order valence-electron chi connectivity index (χ0n) is 11.5. The SMILES string of the molecule is CC1CN(CC(=O)Nc2ccc(Cl)cc2)CCC1N.Cl. The number of piperidine rings is 1. The molecule has 2 atom stereocenters. The van der Waals surface area contributed by atoms with Crippen molar-refractivity contribution in [2.24, 2.45) is 11.7 Å². The van der Waals surface area contributed by atoms with Crippen LogP contribution in [-0.4, -0.2) is 36.5 Å². The van der Waals surface area contributed by atoms with E-state index in [1.807, 2.05) is 0 Å². The lowest BCUT2D eigenvalue weighted by Gasteiger charge is -2.34. The molecule has 0 bridgehead atoms. The van der Waals surface area contributed by atoms with Gasteiger partial charge in [0.05, 0.1) is 6.54 Å².